The zero-order valence-electron chi connectivity index (χ0n) is 16.7. The maximum absolute atomic E-state index is 5.69. The molecule has 2 N–H and O–H groups in total. The molecule has 7 heteroatoms. The molecule has 0 bridgehead atoms. The first-order valence-corrected chi connectivity index (χ1v) is 9.89. The second-order valence-corrected chi connectivity index (χ2v) is 7.47. The molecule has 1 unspecified atom stereocenters. The van der Waals surface area contributed by atoms with E-state index < -0.39 is 0 Å². The van der Waals surface area contributed by atoms with Crippen molar-refractivity contribution < 1.29 is 4.42 Å². The summed E-state index contributed by atoms with van der Waals surface area (Å²) in [5, 5.41) is 6.84. The second kappa shape index (κ2) is 9.60. The lowest BCUT2D eigenvalue weighted by Gasteiger charge is -2.26. The molecular formula is C20H32N6O. The van der Waals surface area contributed by atoms with Crippen molar-refractivity contribution >= 4 is 5.96 Å². The van der Waals surface area contributed by atoms with Crippen LogP contribution >= 0.6 is 0 Å². The highest BCUT2D eigenvalue weighted by molar-refractivity contribution is 5.79. The van der Waals surface area contributed by atoms with E-state index in [9.17, 15) is 0 Å². The third-order valence-electron chi connectivity index (χ3n) is 4.92. The van der Waals surface area contributed by atoms with E-state index in [1.165, 1.54) is 12.8 Å². The monoisotopic (exact) mass is 372 g/mol. The highest BCUT2D eigenvalue weighted by Crippen LogP contribution is 2.24. The summed E-state index contributed by atoms with van der Waals surface area (Å²) in [5.74, 6) is 3.40. The van der Waals surface area contributed by atoms with Crippen molar-refractivity contribution in [2.45, 2.75) is 45.8 Å². The number of aliphatic imine (C=N–C) groups is 1. The molecule has 1 atom stereocenters. The van der Waals surface area contributed by atoms with Gasteiger partial charge in [-0.1, -0.05) is 13.8 Å². The van der Waals surface area contributed by atoms with Crippen LogP contribution < -0.4 is 10.6 Å². The van der Waals surface area contributed by atoms with Gasteiger partial charge in [0.25, 0.3) is 0 Å². The smallest absolute Gasteiger partial charge is 0.191 e. The quantitative estimate of drug-likeness (QED) is 0.551. The van der Waals surface area contributed by atoms with Crippen LogP contribution in [0.25, 0.3) is 0 Å². The van der Waals surface area contributed by atoms with Crippen LogP contribution in [0.1, 0.15) is 44.3 Å². The Hall–Kier alpha value is -2.28. The molecule has 148 valence electrons. The third-order valence-corrected chi connectivity index (χ3v) is 4.92. The molecule has 27 heavy (non-hydrogen) atoms. The van der Waals surface area contributed by atoms with Crippen molar-refractivity contribution in [3.05, 3.63) is 42.4 Å². The van der Waals surface area contributed by atoms with Gasteiger partial charge in [-0.2, -0.15) is 0 Å². The van der Waals surface area contributed by atoms with Crippen LogP contribution in [0, 0.1) is 5.92 Å². The first-order chi connectivity index (χ1) is 13.2. The molecule has 0 amide bonds. The van der Waals surface area contributed by atoms with Gasteiger partial charge >= 0.3 is 0 Å². The average Bonchev–Trinajstić information content (AvgIpc) is 3.40. The Bertz CT molecular complexity index is 700. The highest BCUT2D eigenvalue weighted by Gasteiger charge is 2.25. The van der Waals surface area contributed by atoms with Gasteiger partial charge in [0.15, 0.2) is 5.96 Å². The first-order valence-electron chi connectivity index (χ1n) is 9.89. The summed E-state index contributed by atoms with van der Waals surface area (Å²) in [7, 11) is 1.80. The van der Waals surface area contributed by atoms with Gasteiger partial charge < -0.3 is 19.6 Å². The number of nitrogens with one attached hydrogen (secondary N) is 2. The molecule has 0 aliphatic carbocycles. The lowest BCUT2D eigenvalue weighted by molar-refractivity contribution is 0.215. The molecule has 1 saturated heterocycles. The summed E-state index contributed by atoms with van der Waals surface area (Å²) in [6.45, 7) is 9.04. The van der Waals surface area contributed by atoms with Crippen LogP contribution in [-0.4, -0.2) is 47.1 Å². The molecular weight excluding hydrogens is 340 g/mol. The number of guanidine groups is 1. The Morgan fingerprint density at radius 1 is 1.30 bits per heavy atom. The fraction of sp³-hybridized carbons (Fsp3) is 0.600. The van der Waals surface area contributed by atoms with Gasteiger partial charge in [-0.05, 0) is 44.0 Å². The van der Waals surface area contributed by atoms with Gasteiger partial charge in [0.2, 0.25) is 0 Å². The van der Waals surface area contributed by atoms with Crippen molar-refractivity contribution in [1.29, 1.82) is 0 Å². The number of likely N-dealkylation sites (tertiary alicyclic amines) is 1. The zero-order chi connectivity index (χ0) is 19.1. The van der Waals surface area contributed by atoms with E-state index in [1.54, 1.807) is 13.3 Å². The van der Waals surface area contributed by atoms with Crippen LogP contribution in [-0.2, 0) is 13.1 Å². The standard InChI is InChI=1S/C20H32N6O/c1-16(2)15-26-11-8-22-19(26)14-24-20(21-3)23-13-17(18-7-6-12-27-18)25-9-4-5-10-25/h6-8,11-12,16-17H,4-5,9-10,13-15H2,1-3H3,(H2,21,23,24). The van der Waals surface area contributed by atoms with Gasteiger partial charge in [0, 0.05) is 32.5 Å². The van der Waals surface area contributed by atoms with Crippen LogP contribution in [0.2, 0.25) is 0 Å². The summed E-state index contributed by atoms with van der Waals surface area (Å²) in [4.78, 5) is 11.3. The molecule has 3 heterocycles. The summed E-state index contributed by atoms with van der Waals surface area (Å²) in [6.07, 6.45) is 8.15. The summed E-state index contributed by atoms with van der Waals surface area (Å²) < 4.78 is 7.89. The predicted molar refractivity (Wildman–Crippen MR) is 108 cm³/mol. The lowest BCUT2D eigenvalue weighted by atomic mass is 10.2. The van der Waals surface area contributed by atoms with Crippen LogP contribution in [0.4, 0.5) is 0 Å². The number of imidazole rings is 1. The number of furan rings is 1. The van der Waals surface area contributed by atoms with Gasteiger partial charge in [-0.3, -0.25) is 9.89 Å². The molecule has 1 fully saturated rings. The summed E-state index contributed by atoms with van der Waals surface area (Å²) in [5.41, 5.74) is 0. The van der Waals surface area contributed by atoms with E-state index in [0.717, 1.165) is 43.7 Å². The topological polar surface area (TPSA) is 70.6 Å². The van der Waals surface area contributed by atoms with E-state index in [-0.39, 0.29) is 6.04 Å². The number of hydrogen-bond donors (Lipinski definition) is 2. The molecule has 0 aromatic carbocycles. The number of hydrogen-bond acceptors (Lipinski definition) is 4. The molecule has 0 radical (unpaired) electrons. The molecule has 2 aromatic heterocycles. The predicted octanol–water partition coefficient (Wildman–Crippen LogP) is 2.63. The largest absolute Gasteiger partial charge is 0.468 e. The van der Waals surface area contributed by atoms with E-state index in [2.05, 4.69) is 50.0 Å². The van der Waals surface area contributed by atoms with Crippen molar-refractivity contribution in [3.8, 4) is 0 Å². The maximum atomic E-state index is 5.69. The van der Waals surface area contributed by atoms with Crippen LogP contribution in [0.5, 0.6) is 0 Å². The lowest BCUT2D eigenvalue weighted by Crippen LogP contribution is -2.42. The fourth-order valence-electron chi connectivity index (χ4n) is 3.59. The minimum Gasteiger partial charge on any atom is -0.468 e. The first kappa shape index (κ1) is 19.5. The molecule has 1 aliphatic rings. The zero-order valence-corrected chi connectivity index (χ0v) is 16.7. The van der Waals surface area contributed by atoms with E-state index in [4.69, 9.17) is 4.42 Å². The number of rotatable bonds is 8. The molecule has 0 spiro atoms. The second-order valence-electron chi connectivity index (χ2n) is 7.47. The van der Waals surface area contributed by atoms with E-state index in [1.807, 2.05) is 18.5 Å². The minimum atomic E-state index is 0.226. The molecule has 1 aliphatic heterocycles. The molecule has 2 aromatic rings. The Balaban J connectivity index is 1.56. The summed E-state index contributed by atoms with van der Waals surface area (Å²) in [6, 6.07) is 4.24. The maximum Gasteiger partial charge on any atom is 0.191 e. The van der Waals surface area contributed by atoms with E-state index in [0.29, 0.717) is 12.5 Å². The summed E-state index contributed by atoms with van der Waals surface area (Å²) >= 11 is 0. The molecule has 7 nitrogen and oxygen atoms in total. The third kappa shape index (κ3) is 5.35. The Labute approximate surface area is 161 Å². The van der Waals surface area contributed by atoms with Gasteiger partial charge in [-0.15, -0.1) is 0 Å². The minimum absolute atomic E-state index is 0.226. The SMILES string of the molecule is CN=C(NCc1nccn1CC(C)C)NCC(c1ccco1)N1CCCC1. The highest BCUT2D eigenvalue weighted by atomic mass is 16.3. The van der Waals surface area contributed by atoms with Crippen molar-refractivity contribution in [2.24, 2.45) is 10.9 Å². The molecule has 0 saturated carbocycles. The normalized spacial score (nSPS) is 16.8. The Morgan fingerprint density at radius 3 is 2.78 bits per heavy atom. The van der Waals surface area contributed by atoms with Gasteiger partial charge in [0.05, 0.1) is 18.8 Å². The number of aromatic nitrogens is 2. The van der Waals surface area contributed by atoms with E-state index >= 15 is 0 Å². The molecule has 3 rings (SSSR count). The van der Waals surface area contributed by atoms with Crippen LogP contribution in [0.15, 0.2) is 40.2 Å². The number of nitrogens with zero attached hydrogens (tertiary/aromatic N) is 4. The Morgan fingerprint density at radius 2 is 2.11 bits per heavy atom. The van der Waals surface area contributed by atoms with Gasteiger partial charge in [0.1, 0.15) is 11.6 Å². The van der Waals surface area contributed by atoms with Crippen LogP contribution in [0.3, 0.4) is 0 Å². The Kier molecular flexibility index (Phi) is 6.92. The fourth-order valence-corrected chi connectivity index (χ4v) is 3.59. The average molecular weight is 373 g/mol. The van der Waals surface area contributed by atoms with Crippen molar-refractivity contribution in [3.63, 3.8) is 0 Å². The van der Waals surface area contributed by atoms with Crippen molar-refractivity contribution in [2.75, 3.05) is 26.7 Å². The van der Waals surface area contributed by atoms with Gasteiger partial charge in [-0.25, -0.2) is 4.98 Å². The van der Waals surface area contributed by atoms with Crippen molar-refractivity contribution in [1.82, 2.24) is 25.1 Å².